The Morgan fingerprint density at radius 3 is 2.00 bits per heavy atom. The van der Waals surface area contributed by atoms with E-state index in [0.717, 1.165) is 12.1 Å². The van der Waals surface area contributed by atoms with Crippen molar-refractivity contribution in [3.8, 4) is 16.9 Å². The van der Waals surface area contributed by atoms with Gasteiger partial charge < -0.3 is 4.74 Å². The highest BCUT2D eigenvalue weighted by Gasteiger charge is 2.35. The summed E-state index contributed by atoms with van der Waals surface area (Å²) in [5.41, 5.74) is -0.134. The van der Waals surface area contributed by atoms with Gasteiger partial charge in [0.25, 0.3) is 23.5 Å². The van der Waals surface area contributed by atoms with Crippen LogP contribution in [0.4, 0.5) is 22.7 Å². The highest BCUT2D eigenvalue weighted by molar-refractivity contribution is 6.27. The molecule has 3 aromatic carbocycles. The zero-order chi connectivity index (χ0) is 23.0. The average Bonchev–Trinajstić information content (AvgIpc) is 3.07. The van der Waals surface area contributed by atoms with E-state index in [-0.39, 0.29) is 40.3 Å². The smallest absolute Gasteiger partial charge is 0.298 e. The molecule has 0 unspecified atom stereocenters. The van der Waals surface area contributed by atoms with Crippen molar-refractivity contribution < 1.29 is 24.3 Å². The van der Waals surface area contributed by atoms with Crippen molar-refractivity contribution in [2.45, 2.75) is 0 Å². The van der Waals surface area contributed by atoms with E-state index >= 15 is 0 Å². The highest BCUT2D eigenvalue weighted by atomic mass is 16.6. The second-order valence-corrected chi connectivity index (χ2v) is 6.56. The summed E-state index contributed by atoms with van der Waals surface area (Å²) in [5.74, 6) is 0.248. The number of hydrogen-bond acceptors (Lipinski definition) is 9. The Morgan fingerprint density at radius 1 is 0.750 bits per heavy atom. The Kier molecular flexibility index (Phi) is 4.87. The van der Waals surface area contributed by atoms with Crippen LogP contribution in [0.3, 0.4) is 0 Å². The van der Waals surface area contributed by atoms with Gasteiger partial charge in [-0.15, -0.1) is 0 Å². The summed E-state index contributed by atoms with van der Waals surface area (Å²) in [5, 5.41) is 34.3. The molecular formula is C20H10N4O8. The molecule has 1 aliphatic carbocycles. The van der Waals surface area contributed by atoms with E-state index in [1.54, 1.807) is 0 Å². The lowest BCUT2D eigenvalue weighted by molar-refractivity contribution is -0.393. The van der Waals surface area contributed by atoms with Gasteiger partial charge >= 0.3 is 0 Å². The first-order valence-corrected chi connectivity index (χ1v) is 8.85. The number of nitro groups is 3. The molecule has 0 bridgehead atoms. The third-order valence-corrected chi connectivity index (χ3v) is 4.77. The maximum absolute atomic E-state index is 11.7. The van der Waals surface area contributed by atoms with Gasteiger partial charge in [-0.2, -0.15) is 0 Å². The number of fused-ring (bicyclic) bond motifs is 3. The van der Waals surface area contributed by atoms with Crippen LogP contribution < -0.4 is 4.74 Å². The van der Waals surface area contributed by atoms with Gasteiger partial charge in [0.2, 0.25) is 0 Å². The van der Waals surface area contributed by atoms with Gasteiger partial charge in [0.1, 0.15) is 5.75 Å². The maximum Gasteiger partial charge on any atom is 0.298 e. The second kappa shape index (κ2) is 7.68. The molecule has 0 aliphatic heterocycles. The zero-order valence-corrected chi connectivity index (χ0v) is 15.8. The van der Waals surface area contributed by atoms with Crippen molar-refractivity contribution in [3.05, 3.63) is 96.1 Å². The van der Waals surface area contributed by atoms with Gasteiger partial charge in [0.05, 0.1) is 37.8 Å². The molecule has 0 amide bonds. The summed E-state index contributed by atoms with van der Waals surface area (Å²) in [6, 6.07) is 11.7. The first-order chi connectivity index (χ1) is 15.3. The van der Waals surface area contributed by atoms with Crippen LogP contribution in [0.15, 0.2) is 59.6 Å². The first kappa shape index (κ1) is 20.3. The number of rotatable bonds is 6. The van der Waals surface area contributed by atoms with Crippen LogP contribution in [0.5, 0.6) is 5.75 Å². The number of nitrogens with zero attached hydrogens (tertiary/aromatic N) is 4. The summed E-state index contributed by atoms with van der Waals surface area (Å²) in [6.07, 6.45) is 0. The van der Waals surface area contributed by atoms with Crippen LogP contribution in [-0.4, -0.2) is 27.0 Å². The fraction of sp³-hybridized carbons (Fsp3) is 0. The number of aliphatic imine (C=N–C) groups is 1. The third kappa shape index (κ3) is 3.41. The van der Waals surface area contributed by atoms with Crippen LogP contribution in [-0.2, 0) is 4.79 Å². The van der Waals surface area contributed by atoms with Gasteiger partial charge in [-0.05, 0) is 35.9 Å². The van der Waals surface area contributed by atoms with Crippen LogP contribution in [0.2, 0.25) is 0 Å². The topological polar surface area (TPSA) is 168 Å². The Morgan fingerprint density at radius 2 is 1.41 bits per heavy atom. The molecule has 1 aliphatic rings. The summed E-state index contributed by atoms with van der Waals surface area (Å²) < 4.78 is 4.72. The molecule has 0 saturated carbocycles. The SMILES string of the molecule is O=COc1ccc(N=C2c3cc([N+](=O)[O-])ccc3-c3c2cc([N+](=O)[O-])cc3[N+](=O)[O-])cc1. The summed E-state index contributed by atoms with van der Waals surface area (Å²) in [4.78, 5) is 47.1. The molecule has 0 heterocycles. The maximum atomic E-state index is 11.7. The van der Waals surface area contributed by atoms with Gasteiger partial charge in [0, 0.05) is 29.3 Å². The zero-order valence-electron chi connectivity index (χ0n) is 15.8. The van der Waals surface area contributed by atoms with Crippen molar-refractivity contribution in [1.29, 1.82) is 0 Å². The lowest BCUT2D eigenvalue weighted by Crippen LogP contribution is -2.01. The van der Waals surface area contributed by atoms with Crippen molar-refractivity contribution in [2.75, 3.05) is 0 Å². The van der Waals surface area contributed by atoms with Crippen LogP contribution >= 0.6 is 0 Å². The van der Waals surface area contributed by atoms with Crippen molar-refractivity contribution in [2.24, 2.45) is 4.99 Å². The number of carbonyl (C=O) groups excluding carboxylic acids is 1. The summed E-state index contributed by atoms with van der Waals surface area (Å²) >= 11 is 0. The normalized spacial score (nSPS) is 12.7. The van der Waals surface area contributed by atoms with Gasteiger partial charge in [-0.1, -0.05) is 0 Å². The lowest BCUT2D eigenvalue weighted by atomic mass is 10.0. The molecule has 0 aromatic heterocycles. The lowest BCUT2D eigenvalue weighted by Gasteiger charge is -2.04. The van der Waals surface area contributed by atoms with E-state index in [9.17, 15) is 35.1 Å². The van der Waals surface area contributed by atoms with E-state index in [1.165, 1.54) is 42.5 Å². The van der Waals surface area contributed by atoms with Gasteiger partial charge in [-0.25, -0.2) is 4.99 Å². The molecule has 3 aromatic rings. The minimum Gasteiger partial charge on any atom is -0.429 e. The molecule has 12 heteroatoms. The summed E-state index contributed by atoms with van der Waals surface area (Å²) in [7, 11) is 0. The van der Waals surface area contributed by atoms with E-state index in [2.05, 4.69) is 4.99 Å². The molecule has 0 N–H and O–H groups in total. The monoisotopic (exact) mass is 434 g/mol. The molecule has 12 nitrogen and oxygen atoms in total. The fourth-order valence-electron chi connectivity index (χ4n) is 3.44. The largest absolute Gasteiger partial charge is 0.429 e. The number of hydrogen-bond donors (Lipinski definition) is 0. The Bertz CT molecular complexity index is 1350. The summed E-state index contributed by atoms with van der Waals surface area (Å²) in [6.45, 7) is 0.252. The third-order valence-electron chi connectivity index (χ3n) is 4.77. The second-order valence-electron chi connectivity index (χ2n) is 6.56. The number of benzene rings is 3. The molecule has 0 spiro atoms. The molecule has 0 saturated heterocycles. The van der Waals surface area contributed by atoms with Crippen molar-refractivity contribution >= 4 is 34.9 Å². The average molecular weight is 434 g/mol. The molecule has 0 atom stereocenters. The van der Waals surface area contributed by atoms with E-state index < -0.39 is 26.1 Å². The van der Waals surface area contributed by atoms with E-state index in [4.69, 9.17) is 4.74 Å². The van der Waals surface area contributed by atoms with Crippen molar-refractivity contribution in [1.82, 2.24) is 0 Å². The molecule has 0 fully saturated rings. The minimum absolute atomic E-state index is 0.0881. The highest BCUT2D eigenvalue weighted by Crippen LogP contribution is 2.46. The Balaban J connectivity index is 2.01. The van der Waals surface area contributed by atoms with Crippen LogP contribution in [0, 0.1) is 30.3 Å². The number of nitro benzene ring substituents is 3. The van der Waals surface area contributed by atoms with E-state index in [1.807, 2.05) is 0 Å². The molecule has 158 valence electrons. The molecular weight excluding hydrogens is 424 g/mol. The Labute approximate surface area is 177 Å². The predicted octanol–water partition coefficient (Wildman–Crippen LogP) is 4.10. The quantitative estimate of drug-likeness (QED) is 0.248. The minimum atomic E-state index is -0.762. The van der Waals surface area contributed by atoms with E-state index in [0.29, 0.717) is 11.3 Å². The Hall–Kier alpha value is -5.00. The van der Waals surface area contributed by atoms with Crippen LogP contribution in [0.25, 0.3) is 11.1 Å². The molecule has 4 rings (SSSR count). The standard InChI is InChI=1S/C20H10N4O8/c25-10-32-14-4-1-11(2-5-14)21-20-16-7-12(22(26)27)3-6-15(16)19-17(20)8-13(23(28)29)9-18(19)24(30)31/h1-10H. The molecule has 0 radical (unpaired) electrons. The fourth-order valence-corrected chi connectivity index (χ4v) is 3.44. The van der Waals surface area contributed by atoms with Gasteiger partial charge in [-0.3, -0.25) is 35.1 Å². The van der Waals surface area contributed by atoms with Crippen LogP contribution in [0.1, 0.15) is 11.1 Å². The first-order valence-electron chi connectivity index (χ1n) is 8.85. The predicted molar refractivity (Wildman–Crippen MR) is 110 cm³/mol. The number of non-ortho nitro benzene ring substituents is 2. The van der Waals surface area contributed by atoms with Gasteiger partial charge in [0.15, 0.2) is 0 Å². The number of carbonyl (C=O) groups is 1. The molecule has 32 heavy (non-hydrogen) atoms. The number of ether oxygens (including phenoxy) is 1. The van der Waals surface area contributed by atoms with Crippen molar-refractivity contribution in [3.63, 3.8) is 0 Å².